The molecule has 2 aromatic carbocycles. The van der Waals surface area contributed by atoms with Crippen molar-refractivity contribution in [2.45, 2.75) is 13.0 Å². The summed E-state index contributed by atoms with van der Waals surface area (Å²) in [5.41, 5.74) is 2.30. The summed E-state index contributed by atoms with van der Waals surface area (Å²) in [6.07, 6.45) is -0.846. The summed E-state index contributed by atoms with van der Waals surface area (Å²) in [6.45, 7) is 2.00. The van der Waals surface area contributed by atoms with Gasteiger partial charge in [-0.3, -0.25) is 0 Å². The maximum Gasteiger partial charge on any atom is 0.319 e. The van der Waals surface area contributed by atoms with Crippen molar-refractivity contribution in [2.75, 3.05) is 11.9 Å². The summed E-state index contributed by atoms with van der Waals surface area (Å²) in [7, 11) is 0. The number of urea groups is 1. The first kappa shape index (κ1) is 15.4. The molecule has 0 aliphatic rings. The number of hydrogen-bond donors (Lipinski definition) is 3. The Labute approximate surface area is 128 Å². The molecule has 21 heavy (non-hydrogen) atoms. The molecule has 4 nitrogen and oxygen atoms in total. The molecule has 0 aliphatic carbocycles. The molecule has 0 heterocycles. The number of para-hydroxylation sites is 1. The van der Waals surface area contributed by atoms with Gasteiger partial charge in [0.25, 0.3) is 0 Å². The molecule has 0 radical (unpaired) electrons. The molecule has 2 rings (SSSR count). The third-order valence-electron chi connectivity index (χ3n) is 3.11. The number of aliphatic hydroxyl groups excluding tert-OH is 1. The van der Waals surface area contributed by atoms with Crippen LogP contribution in [0.3, 0.4) is 0 Å². The Morgan fingerprint density at radius 2 is 1.86 bits per heavy atom. The van der Waals surface area contributed by atoms with E-state index in [1.165, 1.54) is 0 Å². The minimum atomic E-state index is -0.846. The first-order chi connectivity index (χ1) is 10.1. The third kappa shape index (κ3) is 4.21. The SMILES string of the molecule is Cc1ccccc1NC(=O)NCC(O)c1ccccc1Cl. The number of carbonyl (C=O) groups is 1. The van der Waals surface area contributed by atoms with Gasteiger partial charge in [0.15, 0.2) is 0 Å². The van der Waals surface area contributed by atoms with Crippen LogP contribution >= 0.6 is 11.6 Å². The smallest absolute Gasteiger partial charge is 0.319 e. The number of benzene rings is 2. The van der Waals surface area contributed by atoms with Gasteiger partial charge in [0.2, 0.25) is 0 Å². The quantitative estimate of drug-likeness (QED) is 0.809. The monoisotopic (exact) mass is 304 g/mol. The Balaban J connectivity index is 1.90. The molecule has 1 unspecified atom stereocenters. The highest BCUT2D eigenvalue weighted by atomic mass is 35.5. The standard InChI is InChI=1S/C16H17ClN2O2/c1-11-6-2-5-9-14(11)19-16(21)18-10-15(20)12-7-3-4-8-13(12)17/h2-9,15,20H,10H2,1H3,(H2,18,19,21). The van der Waals surface area contributed by atoms with Crippen molar-refractivity contribution >= 4 is 23.3 Å². The van der Waals surface area contributed by atoms with Crippen LogP contribution in [0.4, 0.5) is 10.5 Å². The van der Waals surface area contributed by atoms with Gasteiger partial charge in [-0.2, -0.15) is 0 Å². The second-order valence-corrected chi connectivity index (χ2v) is 5.09. The number of anilines is 1. The number of aliphatic hydroxyl groups is 1. The van der Waals surface area contributed by atoms with Gasteiger partial charge < -0.3 is 15.7 Å². The fraction of sp³-hybridized carbons (Fsp3) is 0.188. The Morgan fingerprint density at radius 3 is 2.57 bits per heavy atom. The van der Waals surface area contributed by atoms with Crippen LogP contribution in [0.5, 0.6) is 0 Å². The largest absolute Gasteiger partial charge is 0.387 e. The molecular weight excluding hydrogens is 288 g/mol. The number of halogens is 1. The highest BCUT2D eigenvalue weighted by Crippen LogP contribution is 2.21. The lowest BCUT2D eigenvalue weighted by molar-refractivity contribution is 0.175. The summed E-state index contributed by atoms with van der Waals surface area (Å²) in [5, 5.41) is 15.9. The minimum Gasteiger partial charge on any atom is -0.387 e. The fourth-order valence-electron chi connectivity index (χ4n) is 1.92. The molecule has 0 saturated heterocycles. The first-order valence-electron chi connectivity index (χ1n) is 6.61. The van der Waals surface area contributed by atoms with E-state index in [9.17, 15) is 9.90 Å². The highest BCUT2D eigenvalue weighted by molar-refractivity contribution is 6.31. The molecular formula is C16H17ClN2O2. The predicted molar refractivity (Wildman–Crippen MR) is 84.6 cm³/mol. The number of amides is 2. The average Bonchev–Trinajstić information content (AvgIpc) is 2.48. The van der Waals surface area contributed by atoms with Gasteiger partial charge in [0.1, 0.15) is 0 Å². The lowest BCUT2D eigenvalue weighted by Gasteiger charge is -2.14. The Kier molecular flexibility index (Phi) is 5.20. The predicted octanol–water partition coefficient (Wildman–Crippen LogP) is 3.50. The van der Waals surface area contributed by atoms with E-state index in [1.807, 2.05) is 31.2 Å². The lowest BCUT2D eigenvalue weighted by atomic mass is 10.1. The van der Waals surface area contributed by atoms with E-state index in [-0.39, 0.29) is 12.6 Å². The van der Waals surface area contributed by atoms with E-state index in [0.29, 0.717) is 10.6 Å². The molecule has 0 bridgehead atoms. The van der Waals surface area contributed by atoms with Crippen molar-refractivity contribution in [3.05, 3.63) is 64.7 Å². The van der Waals surface area contributed by atoms with E-state index in [0.717, 1.165) is 11.3 Å². The molecule has 0 aromatic heterocycles. The molecule has 3 N–H and O–H groups in total. The Bertz CT molecular complexity index is 631. The third-order valence-corrected chi connectivity index (χ3v) is 3.46. The molecule has 0 saturated carbocycles. The van der Waals surface area contributed by atoms with Crippen molar-refractivity contribution in [3.8, 4) is 0 Å². The normalized spacial score (nSPS) is 11.8. The highest BCUT2D eigenvalue weighted by Gasteiger charge is 2.12. The van der Waals surface area contributed by atoms with Crippen LogP contribution in [-0.4, -0.2) is 17.7 Å². The number of hydrogen-bond acceptors (Lipinski definition) is 2. The van der Waals surface area contributed by atoms with Gasteiger partial charge >= 0.3 is 6.03 Å². The summed E-state index contributed by atoms with van der Waals surface area (Å²) in [4.78, 5) is 11.8. The number of rotatable bonds is 4. The second-order valence-electron chi connectivity index (χ2n) is 4.69. The van der Waals surface area contributed by atoms with E-state index < -0.39 is 6.10 Å². The van der Waals surface area contributed by atoms with Gasteiger partial charge in [-0.15, -0.1) is 0 Å². The zero-order valence-electron chi connectivity index (χ0n) is 11.6. The van der Waals surface area contributed by atoms with E-state index in [4.69, 9.17) is 11.6 Å². The van der Waals surface area contributed by atoms with Crippen LogP contribution < -0.4 is 10.6 Å². The van der Waals surface area contributed by atoms with Crippen molar-refractivity contribution in [3.63, 3.8) is 0 Å². The van der Waals surface area contributed by atoms with Crippen molar-refractivity contribution in [2.24, 2.45) is 0 Å². The van der Waals surface area contributed by atoms with Crippen LogP contribution in [0, 0.1) is 6.92 Å². The van der Waals surface area contributed by atoms with Crippen LogP contribution in [0.15, 0.2) is 48.5 Å². The topological polar surface area (TPSA) is 61.4 Å². The van der Waals surface area contributed by atoms with Gasteiger partial charge in [-0.05, 0) is 24.6 Å². The molecule has 0 aliphatic heterocycles. The van der Waals surface area contributed by atoms with Crippen molar-refractivity contribution in [1.29, 1.82) is 0 Å². The molecule has 5 heteroatoms. The molecule has 0 spiro atoms. The van der Waals surface area contributed by atoms with E-state index >= 15 is 0 Å². The number of carbonyl (C=O) groups excluding carboxylic acids is 1. The fourth-order valence-corrected chi connectivity index (χ4v) is 2.19. The summed E-state index contributed by atoms with van der Waals surface area (Å²) >= 11 is 6.00. The zero-order valence-corrected chi connectivity index (χ0v) is 12.4. The Morgan fingerprint density at radius 1 is 1.19 bits per heavy atom. The van der Waals surface area contributed by atoms with Gasteiger partial charge in [-0.25, -0.2) is 4.79 Å². The van der Waals surface area contributed by atoms with Gasteiger partial charge in [0, 0.05) is 22.8 Å². The van der Waals surface area contributed by atoms with Crippen molar-refractivity contribution in [1.82, 2.24) is 5.32 Å². The average molecular weight is 305 g/mol. The molecule has 2 aromatic rings. The summed E-state index contributed by atoms with van der Waals surface area (Å²) in [5.74, 6) is 0. The van der Waals surface area contributed by atoms with Crippen LogP contribution in [0.25, 0.3) is 0 Å². The van der Waals surface area contributed by atoms with Gasteiger partial charge in [-0.1, -0.05) is 48.0 Å². The Hall–Kier alpha value is -2.04. The molecule has 1 atom stereocenters. The van der Waals surface area contributed by atoms with E-state index in [1.54, 1.807) is 24.3 Å². The maximum atomic E-state index is 11.8. The second kappa shape index (κ2) is 7.11. The molecule has 2 amide bonds. The minimum absolute atomic E-state index is 0.0848. The first-order valence-corrected chi connectivity index (χ1v) is 6.98. The lowest BCUT2D eigenvalue weighted by Crippen LogP contribution is -2.32. The van der Waals surface area contributed by atoms with Gasteiger partial charge in [0.05, 0.1) is 6.10 Å². The van der Waals surface area contributed by atoms with E-state index in [2.05, 4.69) is 10.6 Å². The number of aryl methyl sites for hydroxylation is 1. The van der Waals surface area contributed by atoms with Crippen LogP contribution in [0.1, 0.15) is 17.2 Å². The molecule has 0 fully saturated rings. The summed E-state index contributed by atoms with van der Waals surface area (Å²) in [6, 6.07) is 14.1. The summed E-state index contributed by atoms with van der Waals surface area (Å²) < 4.78 is 0. The number of nitrogens with one attached hydrogen (secondary N) is 2. The molecule has 110 valence electrons. The zero-order chi connectivity index (χ0) is 15.2. The van der Waals surface area contributed by atoms with Crippen LogP contribution in [0.2, 0.25) is 5.02 Å². The van der Waals surface area contributed by atoms with Crippen molar-refractivity contribution < 1.29 is 9.90 Å². The maximum absolute atomic E-state index is 11.8. The van der Waals surface area contributed by atoms with Crippen LogP contribution in [-0.2, 0) is 0 Å².